The normalized spacial score (nSPS) is 9.64. The number of carbonyl (C=O) groups is 2. The van der Waals surface area contributed by atoms with Crippen LogP contribution >= 0.6 is 0 Å². The molecular formula is C10H11NO3. The summed E-state index contributed by atoms with van der Waals surface area (Å²) in [4.78, 5) is 25.8. The Morgan fingerprint density at radius 3 is 2.50 bits per heavy atom. The maximum Gasteiger partial charge on any atom is 0.308 e. The lowest BCUT2D eigenvalue weighted by atomic mass is 10.2. The van der Waals surface area contributed by atoms with Gasteiger partial charge in [0, 0.05) is 20.0 Å². The molecule has 0 N–H and O–H groups in total. The Balaban J connectivity index is 3.22. The molecule has 0 aromatic carbocycles. The molecule has 0 saturated carbocycles. The average Bonchev–Trinajstić information content (AvgIpc) is 2.07. The minimum absolute atomic E-state index is 0.195. The van der Waals surface area contributed by atoms with E-state index in [2.05, 4.69) is 4.98 Å². The summed E-state index contributed by atoms with van der Waals surface area (Å²) in [5.41, 5.74) is 0.917. The number of ether oxygens (including phenoxy) is 1. The first-order valence-corrected chi connectivity index (χ1v) is 4.17. The molecule has 0 atom stereocenters. The second-order valence-corrected chi connectivity index (χ2v) is 2.96. The fourth-order valence-corrected chi connectivity index (χ4v) is 1.07. The number of aromatic nitrogens is 1. The van der Waals surface area contributed by atoms with Crippen molar-refractivity contribution in [1.29, 1.82) is 0 Å². The van der Waals surface area contributed by atoms with Gasteiger partial charge in [-0.1, -0.05) is 0 Å². The zero-order chi connectivity index (χ0) is 10.7. The highest BCUT2D eigenvalue weighted by Crippen LogP contribution is 2.21. The summed E-state index contributed by atoms with van der Waals surface area (Å²) in [7, 11) is 0. The summed E-state index contributed by atoms with van der Waals surface area (Å²) in [6.45, 7) is 4.43. The van der Waals surface area contributed by atoms with Crippen molar-refractivity contribution in [2.24, 2.45) is 0 Å². The fourth-order valence-electron chi connectivity index (χ4n) is 1.07. The fraction of sp³-hybridized carbons (Fsp3) is 0.300. The van der Waals surface area contributed by atoms with Gasteiger partial charge in [0.2, 0.25) is 0 Å². The number of aryl methyl sites for hydroxylation is 1. The van der Waals surface area contributed by atoms with Crippen LogP contribution in [-0.2, 0) is 4.79 Å². The molecule has 0 bridgehead atoms. The molecule has 4 nitrogen and oxygen atoms in total. The van der Waals surface area contributed by atoms with E-state index >= 15 is 0 Å². The summed E-state index contributed by atoms with van der Waals surface area (Å²) >= 11 is 0. The van der Waals surface area contributed by atoms with Crippen molar-refractivity contribution in [2.45, 2.75) is 20.8 Å². The van der Waals surface area contributed by atoms with Crippen LogP contribution in [0.1, 0.15) is 29.9 Å². The Morgan fingerprint density at radius 1 is 1.36 bits per heavy atom. The van der Waals surface area contributed by atoms with Crippen molar-refractivity contribution in [3.8, 4) is 5.75 Å². The van der Waals surface area contributed by atoms with Crippen LogP contribution in [0.15, 0.2) is 12.3 Å². The lowest BCUT2D eigenvalue weighted by Gasteiger charge is -2.07. The molecular weight excluding hydrogens is 182 g/mol. The predicted octanol–water partition coefficient (Wildman–Crippen LogP) is 1.52. The van der Waals surface area contributed by atoms with Crippen molar-refractivity contribution in [2.75, 3.05) is 0 Å². The van der Waals surface area contributed by atoms with Crippen LogP contribution < -0.4 is 4.74 Å². The molecule has 1 aromatic heterocycles. The Hall–Kier alpha value is -1.71. The average molecular weight is 193 g/mol. The Labute approximate surface area is 81.9 Å². The molecule has 0 fully saturated rings. The van der Waals surface area contributed by atoms with Crippen LogP contribution in [0.3, 0.4) is 0 Å². The van der Waals surface area contributed by atoms with E-state index in [0.29, 0.717) is 0 Å². The highest BCUT2D eigenvalue weighted by molar-refractivity contribution is 5.95. The molecule has 1 heterocycles. The number of esters is 1. The van der Waals surface area contributed by atoms with Crippen LogP contribution in [0.5, 0.6) is 5.75 Å². The van der Waals surface area contributed by atoms with Crippen molar-refractivity contribution in [3.05, 3.63) is 23.5 Å². The van der Waals surface area contributed by atoms with Gasteiger partial charge in [-0.25, -0.2) is 4.98 Å². The number of hydrogen-bond acceptors (Lipinski definition) is 4. The van der Waals surface area contributed by atoms with Gasteiger partial charge in [-0.05, 0) is 18.6 Å². The van der Waals surface area contributed by atoms with Gasteiger partial charge < -0.3 is 4.74 Å². The molecule has 0 radical (unpaired) electrons. The maximum absolute atomic E-state index is 11.1. The molecule has 0 amide bonds. The van der Waals surface area contributed by atoms with E-state index in [1.165, 1.54) is 20.0 Å². The van der Waals surface area contributed by atoms with Gasteiger partial charge in [-0.3, -0.25) is 9.59 Å². The lowest BCUT2D eigenvalue weighted by molar-refractivity contribution is -0.131. The van der Waals surface area contributed by atoms with E-state index < -0.39 is 5.97 Å². The van der Waals surface area contributed by atoms with Crippen LogP contribution in [0.25, 0.3) is 0 Å². The van der Waals surface area contributed by atoms with Crippen molar-refractivity contribution >= 4 is 11.8 Å². The quantitative estimate of drug-likeness (QED) is 0.527. The zero-order valence-electron chi connectivity index (χ0n) is 8.33. The molecule has 1 rings (SSSR count). The van der Waals surface area contributed by atoms with Crippen molar-refractivity contribution in [1.82, 2.24) is 4.98 Å². The third-order valence-electron chi connectivity index (χ3n) is 1.68. The smallest absolute Gasteiger partial charge is 0.308 e. The van der Waals surface area contributed by atoms with Crippen molar-refractivity contribution in [3.63, 3.8) is 0 Å². The van der Waals surface area contributed by atoms with Gasteiger partial charge in [-0.15, -0.1) is 0 Å². The largest absolute Gasteiger partial charge is 0.424 e. The monoisotopic (exact) mass is 193 g/mol. The highest BCUT2D eigenvalue weighted by atomic mass is 16.5. The number of pyridine rings is 1. The summed E-state index contributed by atoms with van der Waals surface area (Å²) in [5.74, 6) is -0.416. The SMILES string of the molecule is CC(=O)Oc1c(C)ccnc1C(C)=O. The standard InChI is InChI=1S/C10H11NO3/c1-6-4-5-11-9(7(2)12)10(6)14-8(3)13/h4-5H,1-3H3. The number of rotatable bonds is 2. The summed E-state index contributed by atoms with van der Waals surface area (Å²) < 4.78 is 4.92. The molecule has 0 aliphatic carbocycles. The molecule has 4 heteroatoms. The van der Waals surface area contributed by atoms with E-state index in [0.717, 1.165) is 5.56 Å². The molecule has 74 valence electrons. The summed E-state index contributed by atoms with van der Waals surface area (Å²) in [6, 6.07) is 1.69. The first-order chi connectivity index (χ1) is 6.52. The topological polar surface area (TPSA) is 56.3 Å². The molecule has 0 aliphatic heterocycles. The lowest BCUT2D eigenvalue weighted by Crippen LogP contribution is -2.09. The minimum Gasteiger partial charge on any atom is -0.424 e. The second-order valence-electron chi connectivity index (χ2n) is 2.96. The van der Waals surface area contributed by atoms with Gasteiger partial charge in [0.05, 0.1) is 0 Å². The number of nitrogens with zero attached hydrogens (tertiary/aromatic N) is 1. The Morgan fingerprint density at radius 2 is 2.00 bits per heavy atom. The van der Waals surface area contributed by atoms with Crippen molar-refractivity contribution < 1.29 is 14.3 Å². The predicted molar refractivity (Wildman–Crippen MR) is 50.3 cm³/mol. The van der Waals surface area contributed by atoms with Crippen LogP contribution in [0.4, 0.5) is 0 Å². The third kappa shape index (κ3) is 2.16. The number of Topliss-reactive ketones (excluding diaryl/α,β-unsaturated/α-hetero) is 1. The molecule has 0 unspecified atom stereocenters. The van der Waals surface area contributed by atoms with E-state index in [1.807, 2.05) is 0 Å². The molecule has 0 spiro atoms. The molecule has 0 aliphatic rings. The maximum atomic E-state index is 11.1. The molecule has 14 heavy (non-hydrogen) atoms. The van der Waals surface area contributed by atoms with E-state index in [9.17, 15) is 9.59 Å². The highest BCUT2D eigenvalue weighted by Gasteiger charge is 2.13. The first kappa shape index (κ1) is 10.4. The number of ketones is 1. The van der Waals surface area contributed by atoms with E-state index in [-0.39, 0.29) is 17.2 Å². The third-order valence-corrected chi connectivity index (χ3v) is 1.68. The van der Waals surface area contributed by atoms with Crippen LogP contribution in [0, 0.1) is 6.92 Å². The summed E-state index contributed by atoms with van der Waals surface area (Å²) in [6.07, 6.45) is 1.51. The van der Waals surface area contributed by atoms with Gasteiger partial charge in [-0.2, -0.15) is 0 Å². The van der Waals surface area contributed by atoms with Gasteiger partial charge >= 0.3 is 5.97 Å². The number of hydrogen-bond donors (Lipinski definition) is 0. The minimum atomic E-state index is -0.455. The first-order valence-electron chi connectivity index (χ1n) is 4.17. The summed E-state index contributed by atoms with van der Waals surface area (Å²) in [5, 5.41) is 0. The molecule has 0 saturated heterocycles. The van der Waals surface area contributed by atoms with Gasteiger partial charge in [0.25, 0.3) is 0 Å². The van der Waals surface area contributed by atoms with Crippen LogP contribution in [0.2, 0.25) is 0 Å². The Bertz CT molecular complexity index is 385. The number of carbonyl (C=O) groups excluding carboxylic acids is 2. The Kier molecular flexibility index (Phi) is 2.96. The zero-order valence-corrected chi connectivity index (χ0v) is 8.33. The van der Waals surface area contributed by atoms with Crippen LogP contribution in [-0.4, -0.2) is 16.7 Å². The van der Waals surface area contributed by atoms with E-state index in [4.69, 9.17) is 4.74 Å². The van der Waals surface area contributed by atoms with Gasteiger partial charge in [0.15, 0.2) is 11.5 Å². The second kappa shape index (κ2) is 4.00. The van der Waals surface area contributed by atoms with E-state index in [1.54, 1.807) is 13.0 Å². The molecule has 1 aromatic rings. The van der Waals surface area contributed by atoms with Gasteiger partial charge in [0.1, 0.15) is 5.69 Å².